The molecule has 0 atom stereocenters. The molecule has 0 spiro atoms. The largest absolute Gasteiger partial charge is 0.416 e. The van der Waals surface area contributed by atoms with E-state index in [1.54, 1.807) is 18.2 Å². The summed E-state index contributed by atoms with van der Waals surface area (Å²) < 4.78 is 56.8. The molecule has 1 aromatic heterocycles. The zero-order chi connectivity index (χ0) is 23.4. The molecular weight excluding hydrogens is 440 g/mol. The zero-order valence-corrected chi connectivity index (χ0v) is 17.6. The highest BCUT2D eigenvalue weighted by molar-refractivity contribution is 5.78. The number of alkyl halides is 3. The highest BCUT2D eigenvalue weighted by atomic mass is 19.4. The van der Waals surface area contributed by atoms with E-state index >= 15 is 0 Å². The minimum Gasteiger partial charge on any atom is -0.352 e. The van der Waals surface area contributed by atoms with E-state index < -0.39 is 11.7 Å². The second-order valence-electron chi connectivity index (χ2n) is 7.99. The van der Waals surface area contributed by atoms with Crippen LogP contribution in [0.15, 0.2) is 53.1 Å². The van der Waals surface area contributed by atoms with Crippen molar-refractivity contribution in [2.45, 2.75) is 32.1 Å². The van der Waals surface area contributed by atoms with E-state index in [-0.39, 0.29) is 24.2 Å². The molecule has 1 amide bonds. The molecule has 1 saturated heterocycles. The number of likely N-dealkylation sites (tertiary alicyclic amines) is 1. The summed E-state index contributed by atoms with van der Waals surface area (Å²) in [5, 5.41) is 6.72. The number of nitrogens with zero attached hydrogens (tertiary/aromatic N) is 3. The topological polar surface area (TPSA) is 71.3 Å². The molecule has 1 fully saturated rings. The average Bonchev–Trinajstić information content (AvgIpc) is 3.26. The number of nitrogens with one attached hydrogen (secondary N) is 1. The first kappa shape index (κ1) is 22.9. The first-order valence-corrected chi connectivity index (χ1v) is 10.5. The van der Waals surface area contributed by atoms with Gasteiger partial charge in [0, 0.05) is 18.0 Å². The Morgan fingerprint density at radius 1 is 1.12 bits per heavy atom. The smallest absolute Gasteiger partial charge is 0.352 e. The van der Waals surface area contributed by atoms with Crippen LogP contribution in [0.3, 0.4) is 0 Å². The number of carbonyl (C=O) groups excluding carboxylic acids is 1. The van der Waals surface area contributed by atoms with Crippen molar-refractivity contribution in [2.24, 2.45) is 5.92 Å². The third kappa shape index (κ3) is 5.95. The molecule has 1 aliphatic heterocycles. The molecule has 6 nitrogen and oxygen atoms in total. The first-order chi connectivity index (χ1) is 15.8. The van der Waals surface area contributed by atoms with Gasteiger partial charge in [-0.25, -0.2) is 4.39 Å². The second-order valence-corrected chi connectivity index (χ2v) is 7.99. The third-order valence-corrected chi connectivity index (χ3v) is 5.60. The molecule has 1 N–H and O–H groups in total. The number of carbonyl (C=O) groups is 1. The zero-order valence-electron chi connectivity index (χ0n) is 17.6. The van der Waals surface area contributed by atoms with E-state index in [9.17, 15) is 22.4 Å². The summed E-state index contributed by atoms with van der Waals surface area (Å²) in [5.41, 5.74) is 0.308. The van der Waals surface area contributed by atoms with E-state index in [0.717, 1.165) is 12.1 Å². The average molecular weight is 462 g/mol. The third-order valence-electron chi connectivity index (χ3n) is 5.60. The monoisotopic (exact) mass is 462 g/mol. The molecule has 10 heteroatoms. The number of aromatic nitrogens is 2. The van der Waals surface area contributed by atoms with Gasteiger partial charge < -0.3 is 9.84 Å². The van der Waals surface area contributed by atoms with Crippen LogP contribution < -0.4 is 5.32 Å². The van der Waals surface area contributed by atoms with Gasteiger partial charge in [-0.1, -0.05) is 17.3 Å². The van der Waals surface area contributed by atoms with Crippen LogP contribution in [-0.4, -0.2) is 34.0 Å². The molecule has 4 rings (SSSR count). The summed E-state index contributed by atoms with van der Waals surface area (Å²) in [6.07, 6.45) is -3.17. The van der Waals surface area contributed by atoms with E-state index in [2.05, 4.69) is 20.4 Å². The first-order valence-electron chi connectivity index (χ1n) is 10.5. The molecule has 0 unspecified atom stereocenters. The lowest BCUT2D eigenvalue weighted by molar-refractivity contribution is -0.137. The van der Waals surface area contributed by atoms with E-state index in [1.807, 2.05) is 0 Å². The Morgan fingerprint density at radius 2 is 1.85 bits per heavy atom. The van der Waals surface area contributed by atoms with Gasteiger partial charge >= 0.3 is 6.18 Å². The van der Waals surface area contributed by atoms with Crippen LogP contribution in [0.4, 0.5) is 17.6 Å². The summed E-state index contributed by atoms with van der Waals surface area (Å²) in [6, 6.07) is 10.7. The Hall–Kier alpha value is -3.27. The van der Waals surface area contributed by atoms with Gasteiger partial charge in [0.05, 0.1) is 12.1 Å². The lowest BCUT2D eigenvalue weighted by Crippen LogP contribution is -2.40. The van der Waals surface area contributed by atoms with Crippen molar-refractivity contribution in [2.75, 3.05) is 13.1 Å². The van der Waals surface area contributed by atoms with Crippen molar-refractivity contribution in [3.63, 3.8) is 0 Å². The van der Waals surface area contributed by atoms with Gasteiger partial charge in [-0.15, -0.1) is 0 Å². The summed E-state index contributed by atoms with van der Waals surface area (Å²) in [6.45, 7) is 1.82. The Labute approximate surface area is 187 Å². The van der Waals surface area contributed by atoms with Crippen molar-refractivity contribution in [3.05, 3.63) is 71.3 Å². The van der Waals surface area contributed by atoms with Crippen molar-refractivity contribution < 1.29 is 26.9 Å². The summed E-state index contributed by atoms with van der Waals surface area (Å²) >= 11 is 0. The molecular formula is C23H22F4N4O2. The number of piperidine rings is 1. The lowest BCUT2D eigenvalue weighted by atomic mass is 9.95. The summed E-state index contributed by atoms with van der Waals surface area (Å²) in [4.78, 5) is 18.9. The Morgan fingerprint density at radius 3 is 2.55 bits per heavy atom. The highest BCUT2D eigenvalue weighted by Gasteiger charge is 2.30. The standard InChI is InChI=1S/C23H22F4N4O2/c24-19-6-4-17(5-7-19)22-29-20(30-33-22)14-31-10-8-16(9-11-31)21(32)28-13-15-2-1-3-18(12-15)23(25,26)27/h1-7,12,16H,8-11,13-14H2,(H,28,32). The fourth-order valence-electron chi connectivity index (χ4n) is 3.77. The lowest BCUT2D eigenvalue weighted by Gasteiger charge is -2.30. The van der Waals surface area contributed by atoms with Crippen LogP contribution in [0.1, 0.15) is 29.8 Å². The van der Waals surface area contributed by atoms with Crippen LogP contribution in [0, 0.1) is 11.7 Å². The van der Waals surface area contributed by atoms with Gasteiger partial charge in [0.15, 0.2) is 5.82 Å². The van der Waals surface area contributed by atoms with Gasteiger partial charge in [0.1, 0.15) is 5.82 Å². The molecule has 0 aliphatic carbocycles. The van der Waals surface area contributed by atoms with Gasteiger partial charge in [-0.3, -0.25) is 9.69 Å². The second kappa shape index (κ2) is 9.70. The Balaban J connectivity index is 1.24. The predicted octanol–water partition coefficient (Wildman–Crippen LogP) is 4.42. The molecule has 1 aliphatic rings. The van der Waals surface area contributed by atoms with E-state index in [4.69, 9.17) is 4.52 Å². The normalized spacial score (nSPS) is 15.5. The van der Waals surface area contributed by atoms with Crippen LogP contribution in [0.2, 0.25) is 0 Å². The van der Waals surface area contributed by atoms with Gasteiger partial charge in [-0.2, -0.15) is 18.2 Å². The number of amides is 1. The van der Waals surface area contributed by atoms with Crippen LogP contribution in [0.5, 0.6) is 0 Å². The molecule has 2 aromatic carbocycles. The maximum absolute atomic E-state index is 13.1. The van der Waals surface area contributed by atoms with Crippen molar-refractivity contribution in [1.29, 1.82) is 0 Å². The van der Waals surface area contributed by atoms with Gasteiger partial charge in [0.25, 0.3) is 5.89 Å². The highest BCUT2D eigenvalue weighted by Crippen LogP contribution is 2.29. The summed E-state index contributed by atoms with van der Waals surface area (Å²) in [5.74, 6) is 0.105. The van der Waals surface area contributed by atoms with Gasteiger partial charge in [-0.05, 0) is 67.9 Å². The number of hydrogen-bond acceptors (Lipinski definition) is 5. The molecule has 33 heavy (non-hydrogen) atoms. The summed E-state index contributed by atoms with van der Waals surface area (Å²) in [7, 11) is 0. The van der Waals surface area contributed by atoms with E-state index in [0.29, 0.717) is 55.3 Å². The molecule has 0 saturated carbocycles. The predicted molar refractivity (Wildman–Crippen MR) is 111 cm³/mol. The maximum atomic E-state index is 13.1. The van der Waals surface area contributed by atoms with Crippen molar-refractivity contribution >= 4 is 5.91 Å². The van der Waals surface area contributed by atoms with Crippen molar-refractivity contribution in [1.82, 2.24) is 20.4 Å². The SMILES string of the molecule is O=C(NCc1cccc(C(F)(F)F)c1)C1CCN(Cc2noc(-c3ccc(F)cc3)n2)CC1. The van der Waals surface area contributed by atoms with Crippen molar-refractivity contribution in [3.8, 4) is 11.5 Å². The number of hydrogen-bond donors (Lipinski definition) is 1. The fourth-order valence-corrected chi connectivity index (χ4v) is 3.77. The van der Waals surface area contributed by atoms with Crippen LogP contribution in [-0.2, 0) is 24.1 Å². The molecule has 2 heterocycles. The van der Waals surface area contributed by atoms with Crippen LogP contribution in [0.25, 0.3) is 11.5 Å². The maximum Gasteiger partial charge on any atom is 0.416 e. The number of halogens is 4. The Kier molecular flexibility index (Phi) is 6.73. The fraction of sp³-hybridized carbons (Fsp3) is 0.348. The molecule has 3 aromatic rings. The van der Waals surface area contributed by atoms with Gasteiger partial charge in [0.2, 0.25) is 5.91 Å². The Bertz CT molecular complexity index is 1090. The minimum atomic E-state index is -4.41. The minimum absolute atomic E-state index is 0.0536. The number of benzene rings is 2. The van der Waals surface area contributed by atoms with E-state index in [1.165, 1.54) is 18.2 Å². The molecule has 174 valence electrons. The molecule has 0 bridgehead atoms. The molecule has 0 radical (unpaired) electrons. The quantitative estimate of drug-likeness (QED) is 0.549. The van der Waals surface area contributed by atoms with Crippen LogP contribution >= 0.6 is 0 Å². The number of rotatable bonds is 6.